The summed E-state index contributed by atoms with van der Waals surface area (Å²) in [5, 5.41) is 16.8. The number of aromatic nitrogens is 2. The van der Waals surface area contributed by atoms with Crippen LogP contribution < -0.4 is 5.73 Å². The van der Waals surface area contributed by atoms with Crippen molar-refractivity contribution in [3.05, 3.63) is 12.3 Å². The lowest BCUT2D eigenvalue weighted by Crippen LogP contribution is -1.87. The van der Waals surface area contributed by atoms with Gasteiger partial charge < -0.3 is 5.73 Å². The van der Waals surface area contributed by atoms with Crippen molar-refractivity contribution in [3.8, 4) is 5.88 Å². The molecule has 0 aliphatic carbocycles. The predicted molar refractivity (Wildman–Crippen MR) is 26.6 cm³/mol. The summed E-state index contributed by atoms with van der Waals surface area (Å²) in [5.74, 6) is -0.465. The van der Waals surface area contributed by atoms with E-state index in [1.54, 1.807) is 0 Å². The van der Waals surface area contributed by atoms with E-state index in [2.05, 4.69) is 10.2 Å². The molecule has 0 spiro atoms. The largest absolute Gasteiger partial charge is 0.394 e. The van der Waals surface area contributed by atoms with Crippen LogP contribution in [0.1, 0.15) is 0 Å². The fourth-order valence-electron chi connectivity index (χ4n) is 0.328. The number of rotatable bonds is 0. The smallest absolute Gasteiger partial charge is 0.311 e. The van der Waals surface area contributed by atoms with Crippen molar-refractivity contribution in [1.82, 2.24) is 10.2 Å². The summed E-state index contributed by atoms with van der Waals surface area (Å²) in [6, 6.07) is 1.41. The molecule has 2 N–H and O–H groups in total. The summed E-state index contributed by atoms with van der Waals surface area (Å²) in [5.41, 5.74) is 5.24. The van der Waals surface area contributed by atoms with Crippen LogP contribution in [0.15, 0.2) is 12.3 Å². The molecule has 0 atom stereocenters. The first-order chi connectivity index (χ1) is 3.80. The third-order valence-electron chi connectivity index (χ3n) is 0.716. The van der Waals surface area contributed by atoms with Crippen molar-refractivity contribution in [2.75, 3.05) is 5.73 Å². The van der Waals surface area contributed by atoms with E-state index in [-0.39, 0.29) is 5.69 Å². The van der Waals surface area contributed by atoms with E-state index in [4.69, 9.17) is 5.73 Å². The molecule has 0 bridgehead atoms. The van der Waals surface area contributed by atoms with Gasteiger partial charge in [-0.2, -0.15) is 5.10 Å². The van der Waals surface area contributed by atoms with Crippen LogP contribution in [0.3, 0.4) is 0 Å². The Bertz CT molecular complexity index is 167. The summed E-state index contributed by atoms with van der Waals surface area (Å²) >= 11 is 0. The maximum Gasteiger partial charge on any atom is 0.311 e. The monoisotopic (exact) mass is 110 g/mol. The lowest BCUT2D eigenvalue weighted by Gasteiger charge is -1.86. The standard InChI is InChI=1S/C4H4N3O/c5-3-1-2-6-7-4(3)8/h1-2H,(H2,5,6). The van der Waals surface area contributed by atoms with Gasteiger partial charge >= 0.3 is 5.88 Å². The van der Waals surface area contributed by atoms with E-state index < -0.39 is 5.88 Å². The molecule has 0 aromatic carbocycles. The predicted octanol–water partition coefficient (Wildman–Crippen LogP) is 0.203. The summed E-state index contributed by atoms with van der Waals surface area (Å²) in [4.78, 5) is 0. The summed E-state index contributed by atoms with van der Waals surface area (Å²) < 4.78 is 0. The summed E-state index contributed by atoms with van der Waals surface area (Å²) in [7, 11) is 0. The second-order valence-corrected chi connectivity index (χ2v) is 1.29. The highest BCUT2D eigenvalue weighted by Gasteiger charge is 1.94. The number of nitrogens with zero attached hydrogens (tertiary/aromatic N) is 2. The lowest BCUT2D eigenvalue weighted by molar-refractivity contribution is 0.334. The average Bonchev–Trinajstić information content (AvgIpc) is 1.77. The molecule has 4 nitrogen and oxygen atoms in total. The van der Waals surface area contributed by atoms with Crippen LogP contribution in [0.25, 0.3) is 0 Å². The van der Waals surface area contributed by atoms with Crippen LogP contribution in [0.4, 0.5) is 5.69 Å². The van der Waals surface area contributed by atoms with E-state index in [9.17, 15) is 5.11 Å². The zero-order valence-corrected chi connectivity index (χ0v) is 4.03. The molecule has 0 aliphatic heterocycles. The quantitative estimate of drug-likeness (QED) is 0.518. The second-order valence-electron chi connectivity index (χ2n) is 1.29. The van der Waals surface area contributed by atoms with Crippen molar-refractivity contribution < 1.29 is 5.11 Å². The van der Waals surface area contributed by atoms with E-state index in [0.717, 1.165) is 0 Å². The normalized spacial score (nSPS) is 9.00. The molecular weight excluding hydrogens is 106 g/mol. The van der Waals surface area contributed by atoms with Crippen molar-refractivity contribution in [3.63, 3.8) is 0 Å². The number of hydrogen-bond donors (Lipinski definition) is 1. The lowest BCUT2D eigenvalue weighted by atomic mass is 10.5. The van der Waals surface area contributed by atoms with E-state index >= 15 is 0 Å². The Labute approximate surface area is 46.0 Å². The zero-order chi connectivity index (χ0) is 5.98. The molecule has 0 amide bonds. The fraction of sp³-hybridized carbons (Fsp3) is 0. The van der Waals surface area contributed by atoms with Crippen molar-refractivity contribution >= 4 is 5.69 Å². The van der Waals surface area contributed by atoms with E-state index in [1.165, 1.54) is 12.3 Å². The Morgan fingerprint density at radius 3 is 2.75 bits per heavy atom. The molecule has 1 aromatic heterocycles. The molecular formula is C4H4N3O. The maximum absolute atomic E-state index is 10.3. The molecule has 1 radical (unpaired) electrons. The highest BCUT2D eigenvalue weighted by molar-refractivity contribution is 5.44. The first-order valence-electron chi connectivity index (χ1n) is 2.05. The molecule has 41 valence electrons. The van der Waals surface area contributed by atoms with Gasteiger partial charge in [-0.25, -0.2) is 0 Å². The van der Waals surface area contributed by atoms with Gasteiger partial charge in [-0.15, -0.1) is 5.10 Å². The summed E-state index contributed by atoms with van der Waals surface area (Å²) in [6.45, 7) is 0. The van der Waals surface area contributed by atoms with Gasteiger partial charge in [-0.05, 0) is 6.07 Å². The molecule has 0 aliphatic rings. The van der Waals surface area contributed by atoms with Gasteiger partial charge in [0.25, 0.3) is 0 Å². The first-order valence-corrected chi connectivity index (χ1v) is 2.05. The van der Waals surface area contributed by atoms with Gasteiger partial charge in [0, 0.05) is 0 Å². The average molecular weight is 110 g/mol. The molecule has 0 saturated heterocycles. The number of hydrogen-bond acceptors (Lipinski definition) is 3. The van der Waals surface area contributed by atoms with Crippen molar-refractivity contribution in [2.24, 2.45) is 0 Å². The highest BCUT2D eigenvalue weighted by Crippen LogP contribution is 2.11. The number of nitrogen functional groups attached to an aromatic ring is 1. The molecule has 0 saturated carbocycles. The molecule has 1 rings (SSSR count). The summed E-state index contributed by atoms with van der Waals surface area (Å²) in [6.07, 6.45) is 1.37. The van der Waals surface area contributed by atoms with Gasteiger partial charge in [0.05, 0.1) is 6.20 Å². The topological polar surface area (TPSA) is 71.7 Å². The zero-order valence-electron chi connectivity index (χ0n) is 4.03. The molecule has 0 unspecified atom stereocenters. The van der Waals surface area contributed by atoms with Gasteiger partial charge in [0.2, 0.25) is 0 Å². The number of anilines is 1. The third kappa shape index (κ3) is 0.676. The Morgan fingerprint density at radius 1 is 1.62 bits per heavy atom. The van der Waals surface area contributed by atoms with E-state index in [0.29, 0.717) is 0 Å². The van der Waals surface area contributed by atoms with Crippen LogP contribution in [0.5, 0.6) is 5.88 Å². The Morgan fingerprint density at radius 2 is 2.38 bits per heavy atom. The Kier molecular flexibility index (Phi) is 0.997. The first kappa shape index (κ1) is 4.83. The highest BCUT2D eigenvalue weighted by atomic mass is 16.3. The minimum atomic E-state index is -0.465. The minimum absolute atomic E-state index is 0.139. The van der Waals surface area contributed by atoms with Gasteiger partial charge in [0.1, 0.15) is 5.69 Å². The Hall–Kier alpha value is -1.32. The molecule has 4 heteroatoms. The molecule has 8 heavy (non-hydrogen) atoms. The van der Waals surface area contributed by atoms with Crippen LogP contribution in [0, 0.1) is 0 Å². The molecule has 0 fully saturated rings. The minimum Gasteiger partial charge on any atom is -0.394 e. The molecule has 1 heterocycles. The van der Waals surface area contributed by atoms with Crippen LogP contribution >= 0.6 is 0 Å². The van der Waals surface area contributed by atoms with Crippen LogP contribution in [0.2, 0.25) is 0 Å². The van der Waals surface area contributed by atoms with Gasteiger partial charge in [-0.3, -0.25) is 5.11 Å². The number of nitrogens with two attached hydrogens (primary N) is 1. The Balaban J connectivity index is 3.13. The second kappa shape index (κ2) is 1.65. The van der Waals surface area contributed by atoms with Crippen LogP contribution in [-0.2, 0) is 5.11 Å². The third-order valence-corrected chi connectivity index (χ3v) is 0.716. The van der Waals surface area contributed by atoms with Gasteiger partial charge in [-0.1, -0.05) is 0 Å². The van der Waals surface area contributed by atoms with Crippen molar-refractivity contribution in [2.45, 2.75) is 0 Å². The SMILES string of the molecule is Nc1ccnnc1[O]. The van der Waals surface area contributed by atoms with Gasteiger partial charge in [0.15, 0.2) is 0 Å². The maximum atomic E-state index is 10.3. The fourth-order valence-corrected chi connectivity index (χ4v) is 0.328. The van der Waals surface area contributed by atoms with E-state index in [1.807, 2.05) is 0 Å². The van der Waals surface area contributed by atoms with Crippen LogP contribution in [-0.4, -0.2) is 10.2 Å². The van der Waals surface area contributed by atoms with Crippen molar-refractivity contribution in [1.29, 1.82) is 0 Å². The molecule has 1 aromatic rings.